The molecule has 0 aromatic heterocycles. The van der Waals surface area contributed by atoms with Crippen molar-refractivity contribution >= 4 is 21.7 Å². The molecule has 2 nitrogen and oxygen atoms in total. The quantitative estimate of drug-likeness (QED) is 0.774. The van der Waals surface area contributed by atoms with Crippen molar-refractivity contribution in [3.63, 3.8) is 0 Å². The maximum atomic E-state index is 14.0. The van der Waals surface area contributed by atoms with Crippen molar-refractivity contribution < 1.29 is 9.18 Å². The lowest BCUT2D eigenvalue weighted by Gasteiger charge is -2.35. The topological polar surface area (TPSA) is 20.3 Å². The van der Waals surface area contributed by atoms with Crippen molar-refractivity contribution in [3.8, 4) is 0 Å². The largest absolute Gasteiger partial charge is 0.300 e. The van der Waals surface area contributed by atoms with E-state index < -0.39 is 5.82 Å². The van der Waals surface area contributed by atoms with Crippen molar-refractivity contribution in [1.82, 2.24) is 4.90 Å². The SMILES string of the molecule is CN1C2CCC1CC(C(=O)c1cccc(Br)c1F)C2. The third kappa shape index (κ3) is 2.25. The summed E-state index contributed by atoms with van der Waals surface area (Å²) in [6, 6.07) is 5.96. The van der Waals surface area contributed by atoms with Gasteiger partial charge in [0, 0.05) is 18.0 Å². The zero-order valence-corrected chi connectivity index (χ0v) is 12.5. The summed E-state index contributed by atoms with van der Waals surface area (Å²) in [5.74, 6) is -0.458. The predicted molar refractivity (Wildman–Crippen MR) is 75.7 cm³/mol. The van der Waals surface area contributed by atoms with Gasteiger partial charge in [0.1, 0.15) is 5.82 Å². The second kappa shape index (κ2) is 4.98. The first-order chi connectivity index (χ1) is 9.08. The molecule has 2 saturated heterocycles. The van der Waals surface area contributed by atoms with Gasteiger partial charge < -0.3 is 4.90 Å². The number of fused-ring (bicyclic) bond motifs is 2. The van der Waals surface area contributed by atoms with Crippen LogP contribution in [0.15, 0.2) is 22.7 Å². The van der Waals surface area contributed by atoms with Crippen LogP contribution in [-0.2, 0) is 0 Å². The van der Waals surface area contributed by atoms with Crippen LogP contribution in [0.2, 0.25) is 0 Å². The van der Waals surface area contributed by atoms with Crippen LogP contribution in [0, 0.1) is 11.7 Å². The first kappa shape index (κ1) is 13.3. The number of ketones is 1. The highest BCUT2D eigenvalue weighted by atomic mass is 79.9. The number of hydrogen-bond acceptors (Lipinski definition) is 2. The molecular weight excluding hydrogens is 309 g/mol. The summed E-state index contributed by atoms with van der Waals surface area (Å²) in [6.07, 6.45) is 4.09. The van der Waals surface area contributed by atoms with E-state index in [1.165, 1.54) is 12.8 Å². The molecule has 2 aliphatic heterocycles. The summed E-state index contributed by atoms with van der Waals surface area (Å²) >= 11 is 3.15. The minimum absolute atomic E-state index is 0.0162. The summed E-state index contributed by atoms with van der Waals surface area (Å²) < 4.78 is 14.4. The molecule has 2 bridgehead atoms. The van der Waals surface area contributed by atoms with Crippen LogP contribution in [-0.4, -0.2) is 29.8 Å². The number of halogens is 2. The van der Waals surface area contributed by atoms with Crippen LogP contribution in [0.4, 0.5) is 4.39 Å². The molecular formula is C15H17BrFNO. The van der Waals surface area contributed by atoms with E-state index in [-0.39, 0.29) is 17.3 Å². The Kier molecular flexibility index (Phi) is 3.48. The Morgan fingerprint density at radius 2 is 1.95 bits per heavy atom. The predicted octanol–water partition coefficient (Wildman–Crippen LogP) is 3.64. The van der Waals surface area contributed by atoms with E-state index in [2.05, 4.69) is 27.9 Å². The lowest BCUT2D eigenvalue weighted by atomic mass is 9.85. The first-order valence-electron chi connectivity index (χ1n) is 6.78. The molecule has 0 N–H and O–H groups in total. The third-order valence-electron chi connectivity index (χ3n) is 4.69. The average molecular weight is 326 g/mol. The van der Waals surface area contributed by atoms with E-state index >= 15 is 0 Å². The summed E-state index contributed by atoms with van der Waals surface area (Å²) in [5, 5.41) is 0. The smallest absolute Gasteiger partial charge is 0.169 e. The van der Waals surface area contributed by atoms with E-state index in [1.54, 1.807) is 18.2 Å². The fraction of sp³-hybridized carbons (Fsp3) is 0.533. The number of rotatable bonds is 2. The van der Waals surface area contributed by atoms with E-state index in [1.807, 2.05) is 0 Å². The van der Waals surface area contributed by atoms with Crippen LogP contribution in [0.25, 0.3) is 0 Å². The Morgan fingerprint density at radius 3 is 2.58 bits per heavy atom. The second-order valence-corrected chi connectivity index (χ2v) is 6.54. The number of benzene rings is 1. The van der Waals surface area contributed by atoms with Gasteiger partial charge in [-0.2, -0.15) is 0 Å². The number of hydrogen-bond donors (Lipinski definition) is 0. The summed E-state index contributed by atoms with van der Waals surface area (Å²) in [7, 11) is 2.14. The molecule has 0 aliphatic carbocycles. The Morgan fingerprint density at radius 1 is 1.32 bits per heavy atom. The van der Waals surface area contributed by atoms with Crippen molar-refractivity contribution in [2.24, 2.45) is 5.92 Å². The molecule has 19 heavy (non-hydrogen) atoms. The number of Topliss-reactive ketones (excluding diaryl/α,β-unsaturated/α-hetero) is 1. The molecule has 4 heteroatoms. The van der Waals surface area contributed by atoms with E-state index in [0.717, 1.165) is 12.8 Å². The van der Waals surface area contributed by atoms with Gasteiger partial charge in [0.2, 0.25) is 0 Å². The highest BCUT2D eigenvalue weighted by Crippen LogP contribution is 2.39. The number of carbonyl (C=O) groups excluding carboxylic acids is 1. The van der Waals surface area contributed by atoms with Crippen LogP contribution < -0.4 is 0 Å². The van der Waals surface area contributed by atoms with Gasteiger partial charge in [-0.05, 0) is 60.8 Å². The average Bonchev–Trinajstić information content (AvgIpc) is 2.64. The molecule has 2 aliphatic rings. The second-order valence-electron chi connectivity index (χ2n) is 5.68. The molecule has 1 aromatic carbocycles. The fourth-order valence-corrected chi connectivity index (χ4v) is 3.91. The minimum atomic E-state index is -0.418. The van der Waals surface area contributed by atoms with Crippen LogP contribution in [0.1, 0.15) is 36.0 Å². The van der Waals surface area contributed by atoms with E-state index in [4.69, 9.17) is 0 Å². The molecule has 3 rings (SSSR count). The van der Waals surface area contributed by atoms with Gasteiger partial charge in [-0.25, -0.2) is 4.39 Å². The zero-order valence-electron chi connectivity index (χ0n) is 10.9. The van der Waals surface area contributed by atoms with Gasteiger partial charge in [-0.3, -0.25) is 4.79 Å². The molecule has 2 fully saturated rings. The van der Waals surface area contributed by atoms with Gasteiger partial charge in [-0.1, -0.05) is 6.07 Å². The lowest BCUT2D eigenvalue weighted by Crippen LogP contribution is -2.42. The maximum absolute atomic E-state index is 14.0. The maximum Gasteiger partial charge on any atom is 0.169 e. The summed E-state index contributed by atoms with van der Waals surface area (Å²) in [6.45, 7) is 0. The number of nitrogens with zero attached hydrogens (tertiary/aromatic N) is 1. The van der Waals surface area contributed by atoms with Crippen LogP contribution in [0.5, 0.6) is 0 Å². The summed E-state index contributed by atoms with van der Waals surface area (Å²) in [5.41, 5.74) is 0.239. The number of carbonyl (C=O) groups is 1. The zero-order chi connectivity index (χ0) is 13.6. The Labute approximate surface area is 121 Å². The van der Waals surface area contributed by atoms with Crippen molar-refractivity contribution in [3.05, 3.63) is 34.1 Å². The Bertz CT molecular complexity index is 505. The molecule has 0 radical (unpaired) electrons. The van der Waals surface area contributed by atoms with Crippen LogP contribution in [0.3, 0.4) is 0 Å². The highest BCUT2D eigenvalue weighted by molar-refractivity contribution is 9.10. The normalized spacial score (nSPS) is 30.6. The number of piperidine rings is 1. The third-order valence-corrected chi connectivity index (χ3v) is 5.30. The molecule has 0 amide bonds. The van der Waals surface area contributed by atoms with E-state index in [9.17, 15) is 9.18 Å². The van der Waals surface area contributed by atoms with Crippen molar-refractivity contribution in [1.29, 1.82) is 0 Å². The molecule has 0 saturated carbocycles. The standard InChI is InChI=1S/C15H17BrFNO/c1-18-10-5-6-11(18)8-9(7-10)15(19)12-3-2-4-13(16)14(12)17/h2-4,9-11H,5-8H2,1H3. The van der Waals surface area contributed by atoms with Gasteiger partial charge >= 0.3 is 0 Å². The monoisotopic (exact) mass is 325 g/mol. The Balaban J connectivity index is 1.84. The highest BCUT2D eigenvalue weighted by Gasteiger charge is 2.41. The Hall–Kier alpha value is -0.740. The van der Waals surface area contributed by atoms with Gasteiger partial charge in [0.05, 0.1) is 10.0 Å². The van der Waals surface area contributed by atoms with Crippen LogP contribution >= 0.6 is 15.9 Å². The van der Waals surface area contributed by atoms with Gasteiger partial charge in [0.25, 0.3) is 0 Å². The summed E-state index contributed by atoms with van der Waals surface area (Å²) in [4.78, 5) is 14.9. The van der Waals surface area contributed by atoms with Gasteiger partial charge in [-0.15, -0.1) is 0 Å². The molecule has 0 spiro atoms. The van der Waals surface area contributed by atoms with E-state index in [0.29, 0.717) is 16.6 Å². The fourth-order valence-electron chi connectivity index (χ4n) is 3.54. The van der Waals surface area contributed by atoms with Crippen molar-refractivity contribution in [2.45, 2.75) is 37.8 Å². The molecule has 102 valence electrons. The molecule has 2 unspecified atom stereocenters. The van der Waals surface area contributed by atoms with Gasteiger partial charge in [0.15, 0.2) is 5.78 Å². The molecule has 2 heterocycles. The molecule has 1 aromatic rings. The minimum Gasteiger partial charge on any atom is -0.300 e. The molecule has 2 atom stereocenters. The first-order valence-corrected chi connectivity index (χ1v) is 7.57. The lowest BCUT2D eigenvalue weighted by molar-refractivity contribution is 0.0763. The van der Waals surface area contributed by atoms with Crippen molar-refractivity contribution in [2.75, 3.05) is 7.05 Å².